The molecule has 1 unspecified atom stereocenters. The fourth-order valence-corrected chi connectivity index (χ4v) is 2.51. The second kappa shape index (κ2) is 5.54. The lowest BCUT2D eigenvalue weighted by molar-refractivity contribution is 0.728. The summed E-state index contributed by atoms with van der Waals surface area (Å²) in [7, 11) is 0. The molecule has 1 atom stereocenters. The summed E-state index contributed by atoms with van der Waals surface area (Å²) in [5.41, 5.74) is 9.19. The van der Waals surface area contributed by atoms with Crippen LogP contribution in [0.5, 0.6) is 0 Å². The summed E-state index contributed by atoms with van der Waals surface area (Å²) in [4.78, 5) is 4.15. The number of aryl methyl sites for hydroxylation is 1. The summed E-state index contributed by atoms with van der Waals surface area (Å²) in [6, 6.07) is 10.2. The minimum Gasteiger partial charge on any atom is -0.328 e. The van der Waals surface area contributed by atoms with Crippen LogP contribution in [-0.2, 0) is 6.42 Å². The molecule has 0 aliphatic rings. The lowest BCUT2D eigenvalue weighted by Crippen LogP contribution is -2.19. The van der Waals surface area contributed by atoms with Crippen molar-refractivity contribution < 1.29 is 0 Å². The van der Waals surface area contributed by atoms with Gasteiger partial charge in [0.15, 0.2) is 0 Å². The van der Waals surface area contributed by atoms with Crippen LogP contribution in [0.25, 0.3) is 11.5 Å². The van der Waals surface area contributed by atoms with Crippen LogP contribution in [-0.4, -0.2) is 25.4 Å². The number of aromatic nitrogens is 4. The lowest BCUT2D eigenvalue weighted by atomic mass is 10.1. The topological polar surface area (TPSA) is 61.7 Å². The Labute approximate surface area is 124 Å². The zero-order chi connectivity index (χ0) is 14.8. The number of imidazole rings is 1. The van der Waals surface area contributed by atoms with E-state index in [-0.39, 0.29) is 6.04 Å². The van der Waals surface area contributed by atoms with E-state index in [1.54, 1.807) is 12.5 Å². The van der Waals surface area contributed by atoms with Crippen LogP contribution in [0.3, 0.4) is 0 Å². The highest BCUT2D eigenvalue weighted by atomic mass is 15.4. The van der Waals surface area contributed by atoms with E-state index in [0.717, 1.165) is 29.2 Å². The predicted octanol–water partition coefficient (Wildman–Crippen LogP) is 2.26. The van der Waals surface area contributed by atoms with Crippen molar-refractivity contribution in [2.24, 2.45) is 5.73 Å². The first kappa shape index (κ1) is 13.6. The van der Waals surface area contributed by atoms with Gasteiger partial charge >= 0.3 is 0 Å². The summed E-state index contributed by atoms with van der Waals surface area (Å²) in [6.07, 6.45) is 6.28. The molecule has 0 bridgehead atoms. The van der Waals surface area contributed by atoms with Gasteiger partial charge in [-0.15, -0.1) is 0 Å². The first-order valence-corrected chi connectivity index (χ1v) is 7.04. The third-order valence-electron chi connectivity index (χ3n) is 3.43. The molecular formula is C16H19N5. The molecule has 0 aliphatic carbocycles. The van der Waals surface area contributed by atoms with Gasteiger partial charge in [0, 0.05) is 24.0 Å². The Hall–Kier alpha value is -2.40. The highest BCUT2D eigenvalue weighted by molar-refractivity contribution is 5.46. The molecule has 0 radical (unpaired) electrons. The van der Waals surface area contributed by atoms with Gasteiger partial charge in [0.05, 0.1) is 11.4 Å². The minimum atomic E-state index is 0.0828. The molecule has 0 amide bonds. The third-order valence-corrected chi connectivity index (χ3v) is 3.43. The molecule has 21 heavy (non-hydrogen) atoms. The van der Waals surface area contributed by atoms with Gasteiger partial charge in [-0.1, -0.05) is 18.2 Å². The van der Waals surface area contributed by atoms with Crippen LogP contribution in [0.15, 0.2) is 49.1 Å². The normalized spacial score (nSPS) is 12.5. The number of hydrogen-bond acceptors (Lipinski definition) is 3. The van der Waals surface area contributed by atoms with Crippen molar-refractivity contribution in [3.8, 4) is 11.5 Å². The van der Waals surface area contributed by atoms with Crippen LogP contribution >= 0.6 is 0 Å². The van der Waals surface area contributed by atoms with Crippen molar-refractivity contribution in [3.05, 3.63) is 60.3 Å². The van der Waals surface area contributed by atoms with E-state index in [0.29, 0.717) is 0 Å². The van der Waals surface area contributed by atoms with Gasteiger partial charge < -0.3 is 5.73 Å². The highest BCUT2D eigenvalue weighted by Gasteiger charge is 2.18. The van der Waals surface area contributed by atoms with E-state index < -0.39 is 0 Å². The van der Waals surface area contributed by atoms with Gasteiger partial charge in [-0.05, 0) is 32.4 Å². The summed E-state index contributed by atoms with van der Waals surface area (Å²) in [5.74, 6) is 1.01. The molecule has 108 valence electrons. The zero-order valence-corrected chi connectivity index (χ0v) is 12.3. The molecule has 3 aromatic rings. The summed E-state index contributed by atoms with van der Waals surface area (Å²) in [6.45, 7) is 4.04. The number of para-hydroxylation sites is 1. The molecule has 5 nitrogen and oxygen atoms in total. The molecule has 0 saturated carbocycles. The standard InChI is InChI=1S/C16H19N5/c1-12(17)10-15-13(2)19-21(14-6-4-3-5-7-14)16(15)20-9-8-18-11-20/h3-9,11-12H,10,17H2,1-2H3. The quantitative estimate of drug-likeness (QED) is 0.798. The number of nitrogens with zero attached hydrogens (tertiary/aromatic N) is 4. The Kier molecular flexibility index (Phi) is 3.58. The predicted molar refractivity (Wildman–Crippen MR) is 82.8 cm³/mol. The average molecular weight is 281 g/mol. The van der Waals surface area contributed by atoms with Crippen molar-refractivity contribution in [1.82, 2.24) is 19.3 Å². The first-order chi connectivity index (χ1) is 10.2. The molecule has 1 aromatic carbocycles. The summed E-state index contributed by atoms with van der Waals surface area (Å²) in [5, 5.41) is 4.70. The first-order valence-electron chi connectivity index (χ1n) is 7.04. The molecule has 0 aliphatic heterocycles. The van der Waals surface area contributed by atoms with E-state index in [1.165, 1.54) is 0 Å². The van der Waals surface area contributed by atoms with Crippen molar-refractivity contribution in [2.75, 3.05) is 0 Å². The molecule has 0 saturated heterocycles. The van der Waals surface area contributed by atoms with Crippen molar-refractivity contribution >= 4 is 0 Å². The summed E-state index contributed by atoms with van der Waals surface area (Å²) < 4.78 is 3.94. The molecule has 5 heteroatoms. The van der Waals surface area contributed by atoms with Crippen molar-refractivity contribution in [1.29, 1.82) is 0 Å². The monoisotopic (exact) mass is 281 g/mol. The van der Waals surface area contributed by atoms with E-state index in [9.17, 15) is 0 Å². The van der Waals surface area contributed by atoms with Crippen molar-refractivity contribution in [2.45, 2.75) is 26.3 Å². The van der Waals surface area contributed by atoms with Gasteiger partial charge in [0.2, 0.25) is 0 Å². The second-order valence-electron chi connectivity index (χ2n) is 5.29. The van der Waals surface area contributed by atoms with Crippen LogP contribution < -0.4 is 5.73 Å². The highest BCUT2D eigenvalue weighted by Crippen LogP contribution is 2.23. The minimum absolute atomic E-state index is 0.0828. The molecular weight excluding hydrogens is 262 g/mol. The second-order valence-corrected chi connectivity index (χ2v) is 5.29. The average Bonchev–Trinajstić information content (AvgIpc) is 3.08. The van der Waals surface area contributed by atoms with Gasteiger partial charge in [-0.2, -0.15) is 5.10 Å². The van der Waals surface area contributed by atoms with E-state index in [2.05, 4.69) is 4.98 Å². The lowest BCUT2D eigenvalue weighted by Gasteiger charge is -2.11. The Bertz CT molecular complexity index is 711. The Morgan fingerprint density at radius 1 is 1.24 bits per heavy atom. The maximum atomic E-state index is 6.00. The molecule has 2 N–H and O–H groups in total. The van der Waals surface area contributed by atoms with Gasteiger partial charge in [-0.3, -0.25) is 4.57 Å². The van der Waals surface area contributed by atoms with Crippen LogP contribution in [0.1, 0.15) is 18.2 Å². The Morgan fingerprint density at radius 2 is 2.00 bits per heavy atom. The Balaban J connectivity index is 2.21. The smallest absolute Gasteiger partial charge is 0.145 e. The van der Waals surface area contributed by atoms with Gasteiger partial charge in [0.25, 0.3) is 0 Å². The van der Waals surface area contributed by atoms with Gasteiger partial charge in [0.1, 0.15) is 12.1 Å². The summed E-state index contributed by atoms with van der Waals surface area (Å²) >= 11 is 0. The number of nitrogens with two attached hydrogens (primary N) is 1. The van der Waals surface area contributed by atoms with Crippen LogP contribution in [0, 0.1) is 6.92 Å². The van der Waals surface area contributed by atoms with E-state index in [1.807, 2.05) is 59.6 Å². The van der Waals surface area contributed by atoms with Crippen molar-refractivity contribution in [3.63, 3.8) is 0 Å². The van der Waals surface area contributed by atoms with Crippen LogP contribution in [0.4, 0.5) is 0 Å². The van der Waals surface area contributed by atoms with E-state index >= 15 is 0 Å². The maximum absolute atomic E-state index is 6.00. The fraction of sp³-hybridized carbons (Fsp3) is 0.250. The molecule has 3 rings (SSSR count). The molecule has 0 fully saturated rings. The SMILES string of the molecule is Cc1nn(-c2ccccc2)c(-n2ccnc2)c1CC(C)N. The van der Waals surface area contributed by atoms with Crippen LogP contribution in [0.2, 0.25) is 0 Å². The molecule has 0 spiro atoms. The molecule has 2 heterocycles. The zero-order valence-electron chi connectivity index (χ0n) is 12.3. The number of benzene rings is 1. The number of hydrogen-bond donors (Lipinski definition) is 1. The number of rotatable bonds is 4. The molecule has 2 aromatic heterocycles. The maximum Gasteiger partial charge on any atom is 0.145 e. The van der Waals surface area contributed by atoms with Gasteiger partial charge in [-0.25, -0.2) is 9.67 Å². The third kappa shape index (κ3) is 2.60. The Morgan fingerprint density at radius 3 is 2.62 bits per heavy atom. The fourth-order valence-electron chi connectivity index (χ4n) is 2.51. The largest absolute Gasteiger partial charge is 0.328 e. The van der Waals surface area contributed by atoms with E-state index in [4.69, 9.17) is 10.8 Å².